The number of benzene rings is 2. The third-order valence-corrected chi connectivity index (χ3v) is 10.2. The first kappa shape index (κ1) is 23.6. The number of rotatable bonds is 8. The minimum atomic E-state index is -0.900. The van der Waals surface area contributed by atoms with Gasteiger partial charge in [0.1, 0.15) is 5.76 Å². The number of nitrogens with zero attached hydrogens (tertiary/aromatic N) is 3. The van der Waals surface area contributed by atoms with Crippen LogP contribution in [-0.4, -0.2) is 39.4 Å². The Bertz CT molecular complexity index is 1530. The average Bonchev–Trinajstić information content (AvgIpc) is 3.85. The molecule has 2 aliphatic heterocycles. The molecule has 0 amide bonds. The van der Waals surface area contributed by atoms with Gasteiger partial charge in [0.05, 0.1) is 34.2 Å². The topological polar surface area (TPSA) is 88.7 Å². The average molecular weight is 542 g/mol. The molecule has 8 heteroatoms. The lowest BCUT2D eigenvalue weighted by Gasteiger charge is -2.38. The smallest absolute Gasteiger partial charge is 0.335 e. The second-order valence-corrected chi connectivity index (χ2v) is 12.7. The van der Waals surface area contributed by atoms with Gasteiger partial charge in [-0.05, 0) is 74.6 Å². The lowest BCUT2D eigenvalue weighted by atomic mass is 10.00. The van der Waals surface area contributed by atoms with E-state index in [0.717, 1.165) is 58.9 Å². The first-order chi connectivity index (χ1) is 19.1. The number of aromatic nitrogens is 2. The molecule has 0 spiro atoms. The SMILES string of the molecule is O=C(O)c1ccc2nc(N3[C@@H]4CC[C@H]3CC(OCc3c([C@H]5C[C@@H]5c5ccccc5)noc3C3CC3)C4)sc2c1. The highest BCUT2D eigenvalue weighted by Crippen LogP contribution is 2.56. The van der Waals surface area contributed by atoms with Crippen LogP contribution in [0.25, 0.3) is 10.2 Å². The van der Waals surface area contributed by atoms with Crippen LogP contribution in [0.5, 0.6) is 0 Å². The van der Waals surface area contributed by atoms with Crippen molar-refractivity contribution in [2.24, 2.45) is 0 Å². The summed E-state index contributed by atoms with van der Waals surface area (Å²) in [5, 5.41) is 15.0. The Labute approximate surface area is 230 Å². The summed E-state index contributed by atoms with van der Waals surface area (Å²) in [6.45, 7) is 0.589. The molecule has 4 heterocycles. The number of carboxylic acids is 1. The fourth-order valence-corrected chi connectivity index (χ4v) is 8.08. The molecule has 2 aliphatic carbocycles. The van der Waals surface area contributed by atoms with E-state index in [1.165, 1.54) is 24.0 Å². The third kappa shape index (κ3) is 4.25. The number of aromatic carboxylic acids is 1. The Balaban J connectivity index is 0.975. The summed E-state index contributed by atoms with van der Waals surface area (Å²) < 4.78 is 13.5. The highest BCUT2D eigenvalue weighted by Gasteiger charge is 2.46. The fourth-order valence-electron chi connectivity index (χ4n) is 6.94. The minimum absolute atomic E-state index is 0.214. The van der Waals surface area contributed by atoms with Gasteiger partial charge in [0, 0.05) is 29.5 Å². The van der Waals surface area contributed by atoms with Crippen LogP contribution in [0.2, 0.25) is 0 Å². The van der Waals surface area contributed by atoms with Crippen LogP contribution in [-0.2, 0) is 11.3 Å². The molecule has 1 N–H and O–H groups in total. The largest absolute Gasteiger partial charge is 0.478 e. The predicted molar refractivity (Wildman–Crippen MR) is 149 cm³/mol. The van der Waals surface area contributed by atoms with Gasteiger partial charge in [0.15, 0.2) is 5.13 Å². The maximum atomic E-state index is 11.4. The van der Waals surface area contributed by atoms with Crippen LogP contribution in [0.3, 0.4) is 0 Å². The summed E-state index contributed by atoms with van der Waals surface area (Å²) in [6.07, 6.45) is 7.99. The number of carboxylic acid groups (broad SMARTS) is 1. The van der Waals surface area contributed by atoms with Crippen LogP contribution >= 0.6 is 11.3 Å². The highest BCUT2D eigenvalue weighted by atomic mass is 32.1. The number of piperidine rings is 1. The van der Waals surface area contributed by atoms with Crippen molar-refractivity contribution in [3.63, 3.8) is 0 Å². The molecule has 1 unspecified atom stereocenters. The summed E-state index contributed by atoms with van der Waals surface area (Å²) in [5.74, 6) is 1.64. The molecule has 2 saturated carbocycles. The molecule has 7 nitrogen and oxygen atoms in total. The molecule has 200 valence electrons. The second-order valence-electron chi connectivity index (χ2n) is 11.7. The zero-order valence-electron chi connectivity index (χ0n) is 21.7. The Morgan fingerprint density at radius 1 is 1.03 bits per heavy atom. The first-order valence-corrected chi connectivity index (χ1v) is 15.0. The number of thiazole rings is 1. The molecule has 8 rings (SSSR count). The maximum Gasteiger partial charge on any atom is 0.335 e. The number of anilines is 1. The Morgan fingerprint density at radius 2 is 1.82 bits per heavy atom. The van der Waals surface area contributed by atoms with Gasteiger partial charge in [0.25, 0.3) is 0 Å². The van der Waals surface area contributed by atoms with Crippen molar-refractivity contribution in [3.05, 3.63) is 76.7 Å². The molecule has 2 aromatic heterocycles. The molecule has 4 aliphatic rings. The number of hydrogen-bond donors (Lipinski definition) is 1. The first-order valence-electron chi connectivity index (χ1n) is 14.2. The van der Waals surface area contributed by atoms with Crippen molar-refractivity contribution in [3.8, 4) is 0 Å². The Morgan fingerprint density at radius 3 is 2.56 bits per heavy atom. The lowest BCUT2D eigenvalue weighted by Crippen LogP contribution is -2.45. The molecule has 5 atom stereocenters. The van der Waals surface area contributed by atoms with E-state index in [1.54, 1.807) is 23.5 Å². The maximum absolute atomic E-state index is 11.4. The molecule has 39 heavy (non-hydrogen) atoms. The van der Waals surface area contributed by atoms with Gasteiger partial charge in [-0.25, -0.2) is 9.78 Å². The number of hydrogen-bond acceptors (Lipinski definition) is 7. The number of ether oxygens (including phenoxy) is 1. The number of fused-ring (bicyclic) bond motifs is 3. The van der Waals surface area contributed by atoms with Crippen molar-refractivity contribution >= 4 is 32.7 Å². The van der Waals surface area contributed by atoms with E-state index in [9.17, 15) is 9.90 Å². The van der Waals surface area contributed by atoms with Gasteiger partial charge in [-0.1, -0.05) is 46.8 Å². The van der Waals surface area contributed by atoms with Crippen LogP contribution in [0.15, 0.2) is 53.1 Å². The summed E-state index contributed by atoms with van der Waals surface area (Å²) in [7, 11) is 0. The molecule has 2 saturated heterocycles. The van der Waals surface area contributed by atoms with Crippen LogP contribution in [0, 0.1) is 0 Å². The van der Waals surface area contributed by atoms with Crippen LogP contribution < -0.4 is 4.90 Å². The number of carbonyl (C=O) groups is 1. The zero-order valence-corrected chi connectivity index (χ0v) is 22.5. The predicted octanol–water partition coefficient (Wildman–Crippen LogP) is 6.85. The van der Waals surface area contributed by atoms with Crippen LogP contribution in [0.4, 0.5) is 5.13 Å². The van der Waals surface area contributed by atoms with Crippen molar-refractivity contribution < 1.29 is 19.2 Å². The molecule has 4 aromatic rings. The van der Waals surface area contributed by atoms with Crippen molar-refractivity contribution in [2.45, 2.75) is 87.5 Å². The molecule has 0 radical (unpaired) electrons. The Hall–Kier alpha value is -3.23. The standard InChI is InChI=1S/C31H31N3O4S/c35-30(36)19-8-11-26-27(12-19)39-31(32-26)34-20-9-10-21(34)14-22(13-20)37-16-25-28(33-38-29(25)18-6-7-18)24-15-23(24)17-4-2-1-3-5-17/h1-5,8,11-12,18,20-24H,6-7,9-10,13-16H2,(H,35,36)/t20-,21+,22?,23-,24+/m1/s1. The Kier molecular flexibility index (Phi) is 5.56. The second kappa shape index (κ2) is 9.17. The monoisotopic (exact) mass is 541 g/mol. The van der Waals surface area contributed by atoms with Crippen molar-refractivity contribution in [1.82, 2.24) is 10.1 Å². The van der Waals surface area contributed by atoms with E-state index in [-0.39, 0.29) is 6.10 Å². The molecule has 4 fully saturated rings. The quantitative estimate of drug-likeness (QED) is 0.261. The summed E-state index contributed by atoms with van der Waals surface area (Å²) in [6, 6.07) is 16.8. The van der Waals surface area contributed by atoms with E-state index in [0.29, 0.717) is 42.0 Å². The summed E-state index contributed by atoms with van der Waals surface area (Å²) in [5.41, 5.74) is 4.92. The van der Waals surface area contributed by atoms with Gasteiger partial charge in [-0.15, -0.1) is 0 Å². The van der Waals surface area contributed by atoms with E-state index in [4.69, 9.17) is 14.2 Å². The van der Waals surface area contributed by atoms with Gasteiger partial charge in [-0.2, -0.15) is 0 Å². The zero-order chi connectivity index (χ0) is 26.1. The molecular formula is C31H31N3O4S. The van der Waals surface area contributed by atoms with E-state index in [1.807, 2.05) is 6.07 Å². The van der Waals surface area contributed by atoms with Gasteiger partial charge in [-0.3, -0.25) is 0 Å². The normalized spacial score (nSPS) is 27.8. The van der Waals surface area contributed by atoms with E-state index in [2.05, 4.69) is 40.4 Å². The third-order valence-electron chi connectivity index (χ3n) is 9.16. The molecule has 2 bridgehead atoms. The van der Waals surface area contributed by atoms with E-state index < -0.39 is 5.97 Å². The minimum Gasteiger partial charge on any atom is -0.478 e. The summed E-state index contributed by atoms with van der Waals surface area (Å²) >= 11 is 1.61. The van der Waals surface area contributed by atoms with E-state index >= 15 is 0 Å². The molecule has 2 aromatic carbocycles. The lowest BCUT2D eigenvalue weighted by molar-refractivity contribution is 0.0142. The molecular weight excluding hydrogens is 510 g/mol. The highest BCUT2D eigenvalue weighted by molar-refractivity contribution is 7.22. The fraction of sp³-hybridized carbons (Fsp3) is 0.452. The van der Waals surface area contributed by atoms with Crippen LogP contribution in [0.1, 0.15) is 95.6 Å². The van der Waals surface area contributed by atoms with Gasteiger partial charge in [0.2, 0.25) is 0 Å². The van der Waals surface area contributed by atoms with Gasteiger partial charge < -0.3 is 19.3 Å². The van der Waals surface area contributed by atoms with Crippen molar-refractivity contribution in [2.75, 3.05) is 4.90 Å². The van der Waals surface area contributed by atoms with Gasteiger partial charge >= 0.3 is 5.97 Å². The van der Waals surface area contributed by atoms with Crippen molar-refractivity contribution in [1.29, 1.82) is 0 Å². The summed E-state index contributed by atoms with van der Waals surface area (Å²) in [4.78, 5) is 18.8.